The summed E-state index contributed by atoms with van der Waals surface area (Å²) in [5.41, 5.74) is 5.28. The van der Waals surface area contributed by atoms with E-state index in [1.54, 1.807) is 12.0 Å². The van der Waals surface area contributed by atoms with Crippen LogP contribution in [0.2, 0.25) is 0 Å². The number of nitrogens with two attached hydrogens (primary N) is 1. The lowest BCUT2D eigenvalue weighted by molar-refractivity contribution is -0.0197. The first kappa shape index (κ1) is 8.95. The van der Waals surface area contributed by atoms with Gasteiger partial charge in [-0.15, -0.1) is 5.10 Å². The Morgan fingerprint density at radius 3 is 2.93 bits per heavy atom. The highest BCUT2D eigenvalue weighted by atomic mass is 16.5. The number of nitrogen functional groups attached to an aromatic ring is 1. The molecule has 1 saturated heterocycles. The van der Waals surface area contributed by atoms with E-state index in [0.29, 0.717) is 13.1 Å². The van der Waals surface area contributed by atoms with Crippen molar-refractivity contribution in [3.8, 4) is 0 Å². The van der Waals surface area contributed by atoms with Gasteiger partial charge >= 0.3 is 0 Å². The summed E-state index contributed by atoms with van der Waals surface area (Å²) in [5.74, 6) is 0.0664. The molecule has 0 aromatic carbocycles. The SMILES string of the molecule is COC1CN(C(=O)c2nc(N)n[nH]2)C1. The lowest BCUT2D eigenvalue weighted by Gasteiger charge is -2.37. The highest BCUT2D eigenvalue weighted by molar-refractivity contribution is 5.91. The van der Waals surface area contributed by atoms with E-state index < -0.39 is 0 Å². The molecular weight excluding hydrogens is 186 g/mol. The van der Waals surface area contributed by atoms with E-state index >= 15 is 0 Å². The number of hydrogen-bond donors (Lipinski definition) is 2. The van der Waals surface area contributed by atoms with Gasteiger partial charge < -0.3 is 15.4 Å². The van der Waals surface area contributed by atoms with Crippen LogP contribution in [0.3, 0.4) is 0 Å². The van der Waals surface area contributed by atoms with Crippen LogP contribution < -0.4 is 5.73 Å². The van der Waals surface area contributed by atoms with Crippen molar-refractivity contribution < 1.29 is 9.53 Å². The predicted octanol–water partition coefficient (Wildman–Crippen LogP) is -1.14. The molecule has 7 heteroatoms. The number of nitrogens with one attached hydrogen (secondary N) is 1. The lowest BCUT2D eigenvalue weighted by atomic mass is 10.1. The molecule has 3 N–H and O–H groups in total. The van der Waals surface area contributed by atoms with Crippen LogP contribution >= 0.6 is 0 Å². The molecule has 1 amide bonds. The largest absolute Gasteiger partial charge is 0.378 e. The Kier molecular flexibility index (Phi) is 2.08. The maximum Gasteiger partial charge on any atom is 0.291 e. The van der Waals surface area contributed by atoms with Gasteiger partial charge in [0.05, 0.1) is 6.10 Å². The van der Waals surface area contributed by atoms with Crippen LogP contribution in [0.25, 0.3) is 0 Å². The van der Waals surface area contributed by atoms with Crippen LogP contribution in [-0.4, -0.2) is 52.3 Å². The van der Waals surface area contributed by atoms with E-state index in [2.05, 4.69) is 15.2 Å². The number of aromatic amines is 1. The molecule has 0 bridgehead atoms. The summed E-state index contributed by atoms with van der Waals surface area (Å²) < 4.78 is 5.04. The zero-order valence-corrected chi connectivity index (χ0v) is 7.73. The summed E-state index contributed by atoms with van der Waals surface area (Å²) in [5, 5.41) is 6.05. The highest BCUT2D eigenvalue weighted by Gasteiger charge is 2.32. The summed E-state index contributed by atoms with van der Waals surface area (Å²) in [7, 11) is 1.62. The van der Waals surface area contributed by atoms with Crippen LogP contribution in [0.5, 0.6) is 0 Å². The molecule has 1 aromatic heterocycles. The minimum absolute atomic E-state index is 0.0807. The average Bonchev–Trinajstić information content (AvgIpc) is 2.49. The van der Waals surface area contributed by atoms with Gasteiger partial charge in [0.15, 0.2) is 0 Å². The first-order chi connectivity index (χ1) is 6.70. The van der Waals surface area contributed by atoms with Gasteiger partial charge in [0, 0.05) is 20.2 Å². The van der Waals surface area contributed by atoms with E-state index in [9.17, 15) is 4.79 Å². The lowest BCUT2D eigenvalue weighted by Crippen LogP contribution is -2.54. The first-order valence-electron chi connectivity index (χ1n) is 4.20. The highest BCUT2D eigenvalue weighted by Crippen LogP contribution is 2.13. The molecule has 0 aliphatic carbocycles. The molecule has 7 nitrogen and oxygen atoms in total. The average molecular weight is 197 g/mol. The standard InChI is InChI=1S/C7H11N5O2/c1-14-4-2-12(3-4)6(13)5-9-7(8)11-10-5/h4H,2-3H2,1H3,(H3,8,9,10,11). The molecule has 0 spiro atoms. The molecule has 76 valence electrons. The van der Waals surface area contributed by atoms with Crippen molar-refractivity contribution in [1.82, 2.24) is 20.1 Å². The van der Waals surface area contributed by atoms with Gasteiger partial charge in [-0.1, -0.05) is 0 Å². The van der Waals surface area contributed by atoms with Crippen molar-refractivity contribution in [2.24, 2.45) is 0 Å². The molecule has 0 saturated carbocycles. The molecule has 0 atom stereocenters. The number of amides is 1. The fraction of sp³-hybridized carbons (Fsp3) is 0.571. The van der Waals surface area contributed by atoms with Gasteiger partial charge in [-0.3, -0.25) is 9.89 Å². The molecule has 2 rings (SSSR count). The molecule has 1 fully saturated rings. The van der Waals surface area contributed by atoms with Crippen LogP contribution in [0.4, 0.5) is 5.95 Å². The third-order valence-corrected chi connectivity index (χ3v) is 2.17. The van der Waals surface area contributed by atoms with E-state index in [4.69, 9.17) is 10.5 Å². The first-order valence-corrected chi connectivity index (χ1v) is 4.20. The molecular formula is C7H11N5O2. The molecule has 1 aliphatic rings. The Labute approximate surface area is 80.2 Å². The maximum atomic E-state index is 11.6. The number of likely N-dealkylation sites (tertiary alicyclic amines) is 1. The Bertz CT molecular complexity index is 344. The summed E-state index contributed by atoms with van der Waals surface area (Å²) in [6, 6.07) is 0. The fourth-order valence-electron chi connectivity index (χ4n) is 1.27. The van der Waals surface area contributed by atoms with Crippen LogP contribution in [0, 0.1) is 0 Å². The topological polar surface area (TPSA) is 97.1 Å². The second-order valence-corrected chi connectivity index (χ2v) is 3.11. The Hall–Kier alpha value is -1.63. The zero-order valence-electron chi connectivity index (χ0n) is 7.73. The second kappa shape index (κ2) is 3.26. The van der Waals surface area contributed by atoms with Crippen LogP contribution in [-0.2, 0) is 4.74 Å². The van der Waals surface area contributed by atoms with E-state index in [0.717, 1.165) is 0 Å². The zero-order chi connectivity index (χ0) is 10.1. The Morgan fingerprint density at radius 1 is 1.71 bits per heavy atom. The van der Waals surface area contributed by atoms with E-state index in [-0.39, 0.29) is 23.8 Å². The molecule has 0 unspecified atom stereocenters. The van der Waals surface area contributed by atoms with Crippen molar-refractivity contribution in [2.75, 3.05) is 25.9 Å². The number of H-pyrrole nitrogens is 1. The smallest absolute Gasteiger partial charge is 0.291 e. The quantitative estimate of drug-likeness (QED) is 0.624. The van der Waals surface area contributed by atoms with E-state index in [1.807, 2.05) is 0 Å². The molecule has 2 heterocycles. The minimum atomic E-state index is -0.192. The third-order valence-electron chi connectivity index (χ3n) is 2.17. The van der Waals surface area contributed by atoms with Crippen molar-refractivity contribution in [3.63, 3.8) is 0 Å². The molecule has 0 radical (unpaired) electrons. The Morgan fingerprint density at radius 2 is 2.43 bits per heavy atom. The number of carbonyl (C=O) groups is 1. The molecule has 1 aromatic rings. The summed E-state index contributed by atoms with van der Waals surface area (Å²) >= 11 is 0. The van der Waals surface area contributed by atoms with Gasteiger partial charge in [-0.05, 0) is 0 Å². The second-order valence-electron chi connectivity index (χ2n) is 3.11. The van der Waals surface area contributed by atoms with Gasteiger partial charge in [0.25, 0.3) is 5.91 Å². The van der Waals surface area contributed by atoms with Gasteiger partial charge in [-0.2, -0.15) is 4.98 Å². The monoisotopic (exact) mass is 197 g/mol. The van der Waals surface area contributed by atoms with Crippen LogP contribution in [0.1, 0.15) is 10.6 Å². The molecule has 1 aliphatic heterocycles. The predicted molar refractivity (Wildman–Crippen MR) is 47.5 cm³/mol. The van der Waals surface area contributed by atoms with Gasteiger partial charge in [0.1, 0.15) is 0 Å². The summed E-state index contributed by atoms with van der Waals surface area (Å²) in [4.78, 5) is 16.9. The fourth-order valence-corrected chi connectivity index (χ4v) is 1.27. The normalized spacial score (nSPS) is 16.8. The van der Waals surface area contributed by atoms with Crippen molar-refractivity contribution in [1.29, 1.82) is 0 Å². The number of aromatic nitrogens is 3. The number of hydrogen-bond acceptors (Lipinski definition) is 5. The minimum Gasteiger partial charge on any atom is -0.378 e. The van der Waals surface area contributed by atoms with Crippen molar-refractivity contribution in [2.45, 2.75) is 6.10 Å². The number of rotatable bonds is 2. The number of ether oxygens (including phenoxy) is 1. The number of carbonyl (C=O) groups excluding carboxylic acids is 1. The van der Waals surface area contributed by atoms with Crippen LogP contribution in [0.15, 0.2) is 0 Å². The third kappa shape index (κ3) is 1.41. The van der Waals surface area contributed by atoms with Gasteiger partial charge in [0.2, 0.25) is 11.8 Å². The summed E-state index contributed by atoms with van der Waals surface area (Å²) in [6.07, 6.45) is 0.138. The number of anilines is 1. The summed E-state index contributed by atoms with van der Waals surface area (Å²) in [6.45, 7) is 1.19. The van der Waals surface area contributed by atoms with Crippen molar-refractivity contribution in [3.05, 3.63) is 5.82 Å². The Balaban J connectivity index is 1.97. The number of nitrogens with zero attached hydrogens (tertiary/aromatic N) is 3. The maximum absolute atomic E-state index is 11.6. The molecule has 14 heavy (non-hydrogen) atoms. The van der Waals surface area contributed by atoms with Gasteiger partial charge in [-0.25, -0.2) is 0 Å². The van der Waals surface area contributed by atoms with Crippen molar-refractivity contribution >= 4 is 11.9 Å². The van der Waals surface area contributed by atoms with E-state index in [1.165, 1.54) is 0 Å². The number of methoxy groups -OCH3 is 1.